The summed E-state index contributed by atoms with van der Waals surface area (Å²) in [6.45, 7) is 5.02. The fourth-order valence-corrected chi connectivity index (χ4v) is 2.97. The zero-order valence-electron chi connectivity index (χ0n) is 16.7. The molecule has 0 radical (unpaired) electrons. The molecule has 0 atom stereocenters. The second-order valence-electron chi connectivity index (χ2n) is 6.56. The van der Waals surface area contributed by atoms with Crippen LogP contribution in [-0.2, 0) is 11.2 Å². The maximum atomic E-state index is 11.4. The van der Waals surface area contributed by atoms with E-state index in [0.29, 0.717) is 32.7 Å². The second-order valence-corrected chi connectivity index (χ2v) is 6.56. The molecule has 29 heavy (non-hydrogen) atoms. The number of fused-ring (bicyclic) bond motifs is 1. The quantitative estimate of drug-likeness (QED) is 0.345. The molecule has 0 unspecified atom stereocenters. The molecule has 0 saturated carbocycles. The molecule has 3 N–H and O–H groups in total. The normalized spacial score (nSPS) is 13.3. The summed E-state index contributed by atoms with van der Waals surface area (Å²) in [7, 11) is 0. The molecule has 0 bridgehead atoms. The molecule has 0 spiro atoms. The second kappa shape index (κ2) is 10.9. The van der Waals surface area contributed by atoms with Gasteiger partial charge in [0.05, 0.1) is 13.1 Å². The van der Waals surface area contributed by atoms with Crippen molar-refractivity contribution < 1.29 is 14.3 Å². The summed E-state index contributed by atoms with van der Waals surface area (Å²) in [5.41, 5.74) is 1.99. The zero-order valence-corrected chi connectivity index (χ0v) is 16.7. The Hall–Kier alpha value is -3.22. The number of guanidine groups is 1. The number of benzene rings is 2. The summed E-state index contributed by atoms with van der Waals surface area (Å²) < 4.78 is 11.5. The van der Waals surface area contributed by atoms with E-state index in [4.69, 9.17) is 9.47 Å². The summed E-state index contributed by atoms with van der Waals surface area (Å²) in [6, 6.07) is 15.5. The van der Waals surface area contributed by atoms with Gasteiger partial charge in [-0.25, -0.2) is 4.99 Å². The predicted molar refractivity (Wildman–Crippen MR) is 115 cm³/mol. The summed E-state index contributed by atoms with van der Waals surface area (Å²) >= 11 is 0. The molecule has 7 heteroatoms. The number of amides is 1. The molecule has 2 aromatic rings. The van der Waals surface area contributed by atoms with Crippen molar-refractivity contribution in [1.29, 1.82) is 0 Å². The third-order valence-corrected chi connectivity index (χ3v) is 4.35. The van der Waals surface area contributed by atoms with Crippen LogP contribution in [0.1, 0.15) is 18.9 Å². The maximum Gasteiger partial charge on any atom is 0.224 e. The SMILES string of the molecule is CCNC(=NCCOc1ccc2c(c1)CCC(=O)N2)NCCOc1ccccc1. The van der Waals surface area contributed by atoms with Gasteiger partial charge in [-0.15, -0.1) is 0 Å². The van der Waals surface area contributed by atoms with Gasteiger partial charge >= 0.3 is 0 Å². The van der Waals surface area contributed by atoms with E-state index in [9.17, 15) is 4.79 Å². The molecule has 2 aromatic carbocycles. The Labute approximate surface area is 171 Å². The first-order valence-electron chi connectivity index (χ1n) is 10.00. The zero-order chi connectivity index (χ0) is 20.3. The molecule has 1 aliphatic rings. The highest BCUT2D eigenvalue weighted by atomic mass is 16.5. The van der Waals surface area contributed by atoms with E-state index < -0.39 is 0 Å². The van der Waals surface area contributed by atoms with Gasteiger partial charge in [-0.1, -0.05) is 18.2 Å². The van der Waals surface area contributed by atoms with Gasteiger partial charge in [0.2, 0.25) is 5.91 Å². The summed E-state index contributed by atoms with van der Waals surface area (Å²) in [5.74, 6) is 2.46. The minimum Gasteiger partial charge on any atom is -0.492 e. The fourth-order valence-electron chi connectivity index (χ4n) is 2.97. The van der Waals surface area contributed by atoms with Gasteiger partial charge in [0.25, 0.3) is 0 Å². The first-order valence-corrected chi connectivity index (χ1v) is 10.00. The molecule has 1 amide bonds. The average molecular weight is 396 g/mol. The highest BCUT2D eigenvalue weighted by Crippen LogP contribution is 2.26. The monoisotopic (exact) mass is 396 g/mol. The minimum atomic E-state index is 0.0677. The summed E-state index contributed by atoms with van der Waals surface area (Å²) in [5, 5.41) is 9.34. The topological polar surface area (TPSA) is 84.0 Å². The lowest BCUT2D eigenvalue weighted by Crippen LogP contribution is -2.39. The number of para-hydroxylation sites is 1. The highest BCUT2D eigenvalue weighted by Gasteiger charge is 2.14. The third-order valence-electron chi connectivity index (χ3n) is 4.35. The number of carbonyl (C=O) groups is 1. The van der Waals surface area contributed by atoms with E-state index >= 15 is 0 Å². The van der Waals surface area contributed by atoms with Gasteiger partial charge in [0.15, 0.2) is 5.96 Å². The number of rotatable bonds is 9. The van der Waals surface area contributed by atoms with Crippen LogP contribution in [0.15, 0.2) is 53.5 Å². The van der Waals surface area contributed by atoms with Crippen LogP contribution in [0.2, 0.25) is 0 Å². The lowest BCUT2D eigenvalue weighted by atomic mass is 10.0. The van der Waals surface area contributed by atoms with E-state index in [-0.39, 0.29) is 5.91 Å². The number of nitrogens with zero attached hydrogens (tertiary/aromatic N) is 1. The molecule has 0 aliphatic carbocycles. The van der Waals surface area contributed by atoms with Crippen molar-refractivity contribution in [1.82, 2.24) is 10.6 Å². The Morgan fingerprint density at radius 3 is 2.69 bits per heavy atom. The van der Waals surface area contributed by atoms with Crippen molar-refractivity contribution >= 4 is 17.6 Å². The van der Waals surface area contributed by atoms with Crippen molar-refractivity contribution in [3.05, 3.63) is 54.1 Å². The fraction of sp³-hybridized carbons (Fsp3) is 0.364. The van der Waals surface area contributed by atoms with Crippen molar-refractivity contribution in [3.63, 3.8) is 0 Å². The molecule has 0 fully saturated rings. The van der Waals surface area contributed by atoms with Crippen molar-refractivity contribution in [2.75, 3.05) is 38.2 Å². The van der Waals surface area contributed by atoms with E-state index in [2.05, 4.69) is 20.9 Å². The first kappa shape index (κ1) is 20.5. The molecule has 3 rings (SSSR count). The van der Waals surface area contributed by atoms with Crippen LogP contribution in [0.3, 0.4) is 0 Å². The molecular weight excluding hydrogens is 368 g/mol. The Kier molecular flexibility index (Phi) is 7.74. The largest absolute Gasteiger partial charge is 0.492 e. The van der Waals surface area contributed by atoms with Crippen LogP contribution < -0.4 is 25.4 Å². The van der Waals surface area contributed by atoms with Gasteiger partial charge in [-0.05, 0) is 49.2 Å². The van der Waals surface area contributed by atoms with Crippen molar-refractivity contribution in [2.45, 2.75) is 19.8 Å². The number of nitrogens with one attached hydrogen (secondary N) is 3. The van der Waals surface area contributed by atoms with Crippen molar-refractivity contribution in [2.24, 2.45) is 4.99 Å². The Bertz CT molecular complexity index is 824. The average Bonchev–Trinajstić information content (AvgIpc) is 2.75. The van der Waals surface area contributed by atoms with E-state index in [0.717, 1.165) is 41.7 Å². The lowest BCUT2D eigenvalue weighted by molar-refractivity contribution is -0.116. The van der Waals surface area contributed by atoms with E-state index in [1.807, 2.05) is 55.5 Å². The lowest BCUT2D eigenvalue weighted by Gasteiger charge is -2.17. The molecule has 0 saturated heterocycles. The van der Waals surface area contributed by atoms with Crippen LogP contribution in [0.25, 0.3) is 0 Å². The predicted octanol–water partition coefficient (Wildman–Crippen LogP) is 2.58. The summed E-state index contributed by atoms with van der Waals surface area (Å²) in [6.07, 6.45) is 1.27. The number of carbonyl (C=O) groups excluding carboxylic acids is 1. The number of aliphatic imine (C=N–C) groups is 1. The number of hydrogen-bond donors (Lipinski definition) is 3. The molecule has 154 valence electrons. The van der Waals surface area contributed by atoms with Crippen LogP contribution in [0.4, 0.5) is 5.69 Å². The van der Waals surface area contributed by atoms with E-state index in [1.54, 1.807) is 0 Å². The highest BCUT2D eigenvalue weighted by molar-refractivity contribution is 5.94. The number of ether oxygens (including phenoxy) is 2. The van der Waals surface area contributed by atoms with Crippen LogP contribution >= 0.6 is 0 Å². The summed E-state index contributed by atoms with van der Waals surface area (Å²) in [4.78, 5) is 16.0. The van der Waals surface area contributed by atoms with E-state index in [1.165, 1.54) is 0 Å². The third kappa shape index (κ3) is 6.71. The Morgan fingerprint density at radius 1 is 1.03 bits per heavy atom. The molecule has 0 aromatic heterocycles. The molecular formula is C22H28N4O3. The molecule has 1 heterocycles. The molecule has 1 aliphatic heterocycles. The number of anilines is 1. The standard InChI is InChI=1S/C22H28N4O3/c1-2-23-22(24-12-14-28-18-6-4-3-5-7-18)25-13-15-29-19-9-10-20-17(16-19)8-11-21(27)26-20/h3-7,9-10,16H,2,8,11-15H2,1H3,(H,26,27)(H2,23,24,25). The number of hydrogen-bond acceptors (Lipinski definition) is 4. The maximum absolute atomic E-state index is 11.4. The van der Waals surface area contributed by atoms with Crippen LogP contribution in [0, 0.1) is 0 Å². The minimum absolute atomic E-state index is 0.0677. The van der Waals surface area contributed by atoms with Gasteiger partial charge < -0.3 is 25.4 Å². The molecule has 7 nitrogen and oxygen atoms in total. The van der Waals surface area contributed by atoms with Gasteiger partial charge in [-0.3, -0.25) is 4.79 Å². The van der Waals surface area contributed by atoms with Crippen LogP contribution in [0.5, 0.6) is 11.5 Å². The number of aryl methyl sites for hydroxylation is 1. The van der Waals surface area contributed by atoms with Gasteiger partial charge in [0.1, 0.15) is 24.7 Å². The van der Waals surface area contributed by atoms with Gasteiger partial charge in [-0.2, -0.15) is 0 Å². The Balaban J connectivity index is 1.40. The first-order chi connectivity index (χ1) is 14.2. The van der Waals surface area contributed by atoms with Gasteiger partial charge in [0, 0.05) is 18.7 Å². The Morgan fingerprint density at radius 2 is 1.86 bits per heavy atom. The smallest absolute Gasteiger partial charge is 0.224 e. The van der Waals surface area contributed by atoms with Crippen molar-refractivity contribution in [3.8, 4) is 11.5 Å². The van der Waals surface area contributed by atoms with Crippen LogP contribution in [-0.4, -0.2) is 44.7 Å².